The van der Waals surface area contributed by atoms with E-state index in [9.17, 15) is 0 Å². The maximum atomic E-state index is 8.81. The monoisotopic (exact) mass is 365 g/mol. The summed E-state index contributed by atoms with van der Waals surface area (Å²) in [5, 5.41) is 10.9. The topological polar surface area (TPSA) is 32.7 Å². The van der Waals surface area contributed by atoms with Crippen molar-refractivity contribution in [3.05, 3.63) is 57.8 Å². The number of likely N-dealkylation sites (tertiary alicyclic amines) is 1. The van der Waals surface area contributed by atoms with Gasteiger partial charge >= 0.3 is 0 Å². The first-order valence-corrected chi connectivity index (χ1v) is 10.0. The molecule has 2 aliphatic heterocycles. The van der Waals surface area contributed by atoms with Gasteiger partial charge in [-0.25, -0.2) is 0 Å². The van der Waals surface area contributed by atoms with E-state index in [4.69, 9.17) is 9.84 Å². The zero-order chi connectivity index (χ0) is 17.8. The maximum absolute atomic E-state index is 8.81. The van der Waals surface area contributed by atoms with Crippen molar-refractivity contribution >= 4 is 17.4 Å². The summed E-state index contributed by atoms with van der Waals surface area (Å²) in [4.78, 5) is 3.84. The summed E-state index contributed by atoms with van der Waals surface area (Å²) in [5.74, 6) is 6.70. The molecule has 134 valence electrons. The van der Waals surface area contributed by atoms with Gasteiger partial charge in [0.15, 0.2) is 0 Å². The SMILES string of the molecule is OCC#Cc1csc(CN2CCC[C@]3(C=Cc4ccccc4O3)CC2)c1. The minimum Gasteiger partial charge on any atom is -0.483 e. The fourth-order valence-electron chi connectivity index (χ4n) is 3.71. The predicted molar refractivity (Wildman–Crippen MR) is 106 cm³/mol. The van der Waals surface area contributed by atoms with E-state index in [1.54, 1.807) is 11.3 Å². The van der Waals surface area contributed by atoms with Gasteiger partial charge in [0.25, 0.3) is 0 Å². The fraction of sp³-hybridized carbons (Fsp3) is 0.364. The van der Waals surface area contributed by atoms with Crippen LogP contribution in [0.5, 0.6) is 5.75 Å². The molecule has 1 spiro atoms. The van der Waals surface area contributed by atoms with Crippen LogP contribution in [0.25, 0.3) is 6.08 Å². The zero-order valence-electron chi connectivity index (χ0n) is 14.8. The lowest BCUT2D eigenvalue weighted by Gasteiger charge is -2.34. The summed E-state index contributed by atoms with van der Waals surface area (Å²) in [6, 6.07) is 10.4. The van der Waals surface area contributed by atoms with Gasteiger partial charge in [-0.1, -0.05) is 36.1 Å². The molecule has 3 nitrogen and oxygen atoms in total. The Bertz CT molecular complexity index is 860. The van der Waals surface area contributed by atoms with Crippen molar-refractivity contribution in [2.75, 3.05) is 19.7 Å². The lowest BCUT2D eigenvalue weighted by molar-refractivity contribution is 0.0991. The molecular weight excluding hydrogens is 342 g/mol. The van der Waals surface area contributed by atoms with Gasteiger partial charge in [0.05, 0.1) is 0 Å². The number of rotatable bonds is 2. The van der Waals surface area contributed by atoms with Gasteiger partial charge in [0.1, 0.15) is 18.0 Å². The molecule has 0 radical (unpaired) electrons. The first kappa shape index (κ1) is 17.4. The summed E-state index contributed by atoms with van der Waals surface area (Å²) in [7, 11) is 0. The third-order valence-corrected chi connectivity index (χ3v) is 5.99. The third-order valence-electron chi connectivity index (χ3n) is 5.07. The van der Waals surface area contributed by atoms with Crippen LogP contribution in [0.2, 0.25) is 0 Å². The van der Waals surface area contributed by atoms with E-state index in [0.29, 0.717) is 0 Å². The standard InChI is InChI=1S/C22H23NO2S/c24-14-3-5-18-15-20(26-17-18)16-23-12-4-9-22(11-13-23)10-8-19-6-1-2-7-21(19)25-22/h1-2,6-8,10,15,17,24H,4,9,11-14,16H2/t22-/m0/s1. The summed E-state index contributed by atoms with van der Waals surface area (Å²) < 4.78 is 6.43. The Kier molecular flexibility index (Phi) is 5.12. The lowest BCUT2D eigenvalue weighted by atomic mass is 9.91. The molecule has 1 saturated heterocycles. The van der Waals surface area contributed by atoms with E-state index < -0.39 is 0 Å². The summed E-state index contributed by atoms with van der Waals surface area (Å²) in [6.45, 7) is 3.00. The van der Waals surface area contributed by atoms with Crippen LogP contribution in [0, 0.1) is 11.8 Å². The summed E-state index contributed by atoms with van der Waals surface area (Å²) >= 11 is 1.75. The number of aliphatic hydroxyl groups excluding tert-OH is 1. The fourth-order valence-corrected chi connectivity index (χ4v) is 4.57. The van der Waals surface area contributed by atoms with Gasteiger partial charge in [-0.2, -0.15) is 0 Å². The highest BCUT2D eigenvalue weighted by Gasteiger charge is 2.34. The van der Waals surface area contributed by atoms with Gasteiger partial charge in [0, 0.05) is 40.9 Å². The van der Waals surface area contributed by atoms with Gasteiger partial charge in [-0.15, -0.1) is 11.3 Å². The average molecular weight is 365 g/mol. The lowest BCUT2D eigenvalue weighted by Crippen LogP contribution is -2.36. The number of nitrogens with zero attached hydrogens (tertiary/aromatic N) is 1. The molecule has 0 unspecified atom stereocenters. The van der Waals surface area contributed by atoms with E-state index in [1.165, 1.54) is 10.4 Å². The molecule has 3 heterocycles. The molecule has 0 bridgehead atoms. The van der Waals surface area contributed by atoms with Crippen LogP contribution in [-0.2, 0) is 6.54 Å². The molecule has 1 fully saturated rings. The van der Waals surface area contributed by atoms with E-state index in [2.05, 4.69) is 58.5 Å². The number of fused-ring (bicyclic) bond motifs is 1. The second kappa shape index (κ2) is 7.67. The predicted octanol–water partition coefficient (Wildman–Crippen LogP) is 3.92. The van der Waals surface area contributed by atoms with Crippen LogP contribution < -0.4 is 4.74 Å². The number of para-hydroxylation sites is 1. The van der Waals surface area contributed by atoms with Gasteiger partial charge in [-0.05, 0) is 37.6 Å². The molecule has 2 aromatic rings. The van der Waals surface area contributed by atoms with Gasteiger partial charge < -0.3 is 9.84 Å². The molecule has 0 saturated carbocycles. The first-order chi connectivity index (χ1) is 12.8. The normalized spacial score (nSPS) is 22.2. The maximum Gasteiger partial charge on any atom is 0.129 e. The molecule has 4 rings (SSSR count). The van der Waals surface area contributed by atoms with E-state index >= 15 is 0 Å². The Labute approximate surface area is 158 Å². The third kappa shape index (κ3) is 3.86. The van der Waals surface area contributed by atoms with Crippen molar-refractivity contribution in [2.24, 2.45) is 0 Å². The number of aliphatic hydroxyl groups is 1. The molecule has 26 heavy (non-hydrogen) atoms. The Morgan fingerprint density at radius 3 is 3.08 bits per heavy atom. The van der Waals surface area contributed by atoms with Crippen molar-refractivity contribution in [2.45, 2.75) is 31.4 Å². The second-order valence-corrected chi connectivity index (χ2v) is 7.93. The second-order valence-electron chi connectivity index (χ2n) is 6.93. The number of ether oxygens (including phenoxy) is 1. The Morgan fingerprint density at radius 1 is 1.23 bits per heavy atom. The van der Waals surface area contributed by atoms with E-state index in [0.717, 1.165) is 50.2 Å². The molecule has 4 heteroatoms. The minimum atomic E-state index is -0.156. The molecule has 1 aromatic heterocycles. The molecular formula is C22H23NO2S. The molecule has 1 N–H and O–H groups in total. The molecule has 1 aromatic carbocycles. The average Bonchev–Trinajstić information content (AvgIpc) is 3.02. The zero-order valence-corrected chi connectivity index (χ0v) is 15.6. The van der Waals surface area contributed by atoms with Crippen LogP contribution >= 0.6 is 11.3 Å². The van der Waals surface area contributed by atoms with Crippen LogP contribution in [0.1, 0.15) is 35.3 Å². The van der Waals surface area contributed by atoms with Gasteiger partial charge in [-0.3, -0.25) is 4.90 Å². The van der Waals surface area contributed by atoms with E-state index in [1.807, 2.05) is 6.07 Å². The van der Waals surface area contributed by atoms with Crippen molar-refractivity contribution in [1.29, 1.82) is 0 Å². The van der Waals surface area contributed by atoms with Crippen molar-refractivity contribution in [3.63, 3.8) is 0 Å². The van der Waals surface area contributed by atoms with Crippen LogP contribution in [0.3, 0.4) is 0 Å². The Hall–Kier alpha value is -2.06. The Morgan fingerprint density at radius 2 is 2.15 bits per heavy atom. The quantitative estimate of drug-likeness (QED) is 0.819. The smallest absolute Gasteiger partial charge is 0.129 e. The van der Waals surface area contributed by atoms with Crippen LogP contribution in [-0.4, -0.2) is 35.3 Å². The van der Waals surface area contributed by atoms with Crippen LogP contribution in [0.15, 0.2) is 41.8 Å². The van der Waals surface area contributed by atoms with Gasteiger partial charge in [0.2, 0.25) is 0 Å². The number of thiophene rings is 1. The molecule has 0 aliphatic carbocycles. The van der Waals surface area contributed by atoms with Crippen molar-refractivity contribution < 1.29 is 9.84 Å². The minimum absolute atomic E-state index is 0.0873. The van der Waals surface area contributed by atoms with E-state index in [-0.39, 0.29) is 12.2 Å². The first-order valence-electron chi connectivity index (χ1n) is 9.13. The number of hydrogen-bond acceptors (Lipinski definition) is 4. The highest BCUT2D eigenvalue weighted by atomic mass is 32.1. The molecule has 2 aliphatic rings. The highest BCUT2D eigenvalue weighted by molar-refractivity contribution is 7.10. The summed E-state index contributed by atoms with van der Waals surface area (Å²) in [5.41, 5.74) is 2.02. The van der Waals surface area contributed by atoms with Crippen LogP contribution in [0.4, 0.5) is 0 Å². The largest absolute Gasteiger partial charge is 0.483 e. The van der Waals surface area contributed by atoms with Crippen molar-refractivity contribution in [3.8, 4) is 17.6 Å². The highest BCUT2D eigenvalue weighted by Crippen LogP contribution is 2.37. The summed E-state index contributed by atoms with van der Waals surface area (Å²) in [6.07, 6.45) is 7.70. The molecule has 1 atom stereocenters. The Balaban J connectivity index is 1.40. The van der Waals surface area contributed by atoms with Crippen molar-refractivity contribution in [1.82, 2.24) is 4.90 Å². The number of benzene rings is 1. The number of hydrogen-bond donors (Lipinski definition) is 1. The molecule has 0 amide bonds.